The van der Waals surface area contributed by atoms with Crippen LogP contribution in [-0.2, 0) is 10.0 Å². The van der Waals surface area contributed by atoms with E-state index in [1.807, 2.05) is 13.0 Å². The number of rotatable bonds is 4. The molecule has 2 aromatic carbocycles. The van der Waals surface area contributed by atoms with Crippen LogP contribution < -0.4 is 10.0 Å². The van der Waals surface area contributed by atoms with Crippen molar-refractivity contribution >= 4 is 21.5 Å². The predicted molar refractivity (Wildman–Crippen MR) is 84.2 cm³/mol. The van der Waals surface area contributed by atoms with Gasteiger partial charge in [-0.2, -0.15) is 0 Å². The zero-order chi connectivity index (χ0) is 15.6. The summed E-state index contributed by atoms with van der Waals surface area (Å²) in [5, 5.41) is 7.57. The van der Waals surface area contributed by atoms with E-state index in [0.29, 0.717) is 11.3 Å². The van der Waals surface area contributed by atoms with Gasteiger partial charge in [-0.1, -0.05) is 24.3 Å². The quantitative estimate of drug-likeness (QED) is 0.670. The molecule has 0 radical (unpaired) electrons. The number of nitrogens with zero attached hydrogens (tertiary/aromatic N) is 1. The van der Waals surface area contributed by atoms with Gasteiger partial charge in [0, 0.05) is 12.6 Å². The maximum absolute atomic E-state index is 12.7. The molecule has 0 saturated carbocycles. The van der Waals surface area contributed by atoms with Crippen molar-refractivity contribution in [2.24, 2.45) is 5.73 Å². The zero-order valence-electron chi connectivity index (χ0n) is 11.9. The summed E-state index contributed by atoms with van der Waals surface area (Å²) in [6.07, 6.45) is 0. The van der Waals surface area contributed by atoms with E-state index in [1.54, 1.807) is 42.5 Å². The molecule has 0 amide bonds. The molecular formula is C15H17N3O2S. The van der Waals surface area contributed by atoms with Crippen molar-refractivity contribution in [3.8, 4) is 0 Å². The van der Waals surface area contributed by atoms with E-state index < -0.39 is 10.0 Å². The molecule has 6 heteroatoms. The van der Waals surface area contributed by atoms with Gasteiger partial charge in [0.05, 0.1) is 10.6 Å². The summed E-state index contributed by atoms with van der Waals surface area (Å²) < 4.78 is 26.5. The van der Waals surface area contributed by atoms with E-state index in [9.17, 15) is 8.42 Å². The number of benzene rings is 2. The summed E-state index contributed by atoms with van der Waals surface area (Å²) in [5.74, 6) is -0.170. The van der Waals surface area contributed by atoms with E-state index in [2.05, 4.69) is 0 Å². The fourth-order valence-corrected chi connectivity index (χ4v) is 3.36. The fourth-order valence-electron chi connectivity index (χ4n) is 2.04. The van der Waals surface area contributed by atoms with Crippen LogP contribution in [0, 0.1) is 12.3 Å². The number of aryl methyl sites for hydroxylation is 1. The molecule has 0 spiro atoms. The van der Waals surface area contributed by atoms with Crippen LogP contribution in [0.15, 0.2) is 53.4 Å². The van der Waals surface area contributed by atoms with Crippen molar-refractivity contribution < 1.29 is 8.42 Å². The number of hydrogen-bond acceptors (Lipinski definition) is 3. The molecule has 0 fully saturated rings. The lowest BCUT2D eigenvalue weighted by Crippen LogP contribution is -2.29. The molecule has 0 unspecified atom stereocenters. The molecule has 0 saturated heterocycles. The normalized spacial score (nSPS) is 11.1. The van der Waals surface area contributed by atoms with Gasteiger partial charge in [0.25, 0.3) is 10.0 Å². The van der Waals surface area contributed by atoms with Gasteiger partial charge in [-0.15, -0.1) is 0 Å². The average molecular weight is 303 g/mol. The Bertz CT molecular complexity index is 785. The van der Waals surface area contributed by atoms with Crippen LogP contribution in [0.4, 0.5) is 5.69 Å². The minimum absolute atomic E-state index is 0.170. The third-order valence-corrected chi connectivity index (χ3v) is 4.95. The highest BCUT2D eigenvalue weighted by molar-refractivity contribution is 7.92. The second-order valence-corrected chi connectivity index (χ2v) is 6.69. The monoisotopic (exact) mass is 303 g/mol. The van der Waals surface area contributed by atoms with Crippen LogP contribution >= 0.6 is 0 Å². The standard InChI is InChI=1S/C15H17N3O2S/c1-11-6-5-7-12(10-11)21(19,20)18(2)14-9-4-3-8-13(14)15(16)17/h3-10H,1-2H3,(H3,16,17). The van der Waals surface area contributed by atoms with Crippen LogP contribution in [0.3, 0.4) is 0 Å². The van der Waals surface area contributed by atoms with E-state index in [-0.39, 0.29) is 10.7 Å². The van der Waals surface area contributed by atoms with Crippen LogP contribution in [0.5, 0.6) is 0 Å². The van der Waals surface area contributed by atoms with Crippen molar-refractivity contribution in [2.45, 2.75) is 11.8 Å². The average Bonchev–Trinajstić information content (AvgIpc) is 2.46. The second kappa shape index (κ2) is 5.57. The van der Waals surface area contributed by atoms with Crippen LogP contribution in [0.25, 0.3) is 0 Å². The second-order valence-electron chi connectivity index (χ2n) is 4.72. The summed E-state index contributed by atoms with van der Waals surface area (Å²) in [6, 6.07) is 13.4. The number of para-hydroxylation sites is 1. The lowest BCUT2D eigenvalue weighted by molar-refractivity contribution is 0.594. The summed E-state index contributed by atoms with van der Waals surface area (Å²) in [6.45, 7) is 1.84. The lowest BCUT2D eigenvalue weighted by Gasteiger charge is -2.22. The number of nitrogens with two attached hydrogens (primary N) is 1. The number of amidine groups is 1. The van der Waals surface area contributed by atoms with Crippen molar-refractivity contribution in [1.29, 1.82) is 5.41 Å². The molecule has 3 N–H and O–H groups in total. The minimum Gasteiger partial charge on any atom is -0.384 e. The van der Waals surface area contributed by atoms with Crippen molar-refractivity contribution in [1.82, 2.24) is 0 Å². The molecule has 5 nitrogen and oxygen atoms in total. The van der Waals surface area contributed by atoms with Crippen LogP contribution in [0.1, 0.15) is 11.1 Å². The Balaban J connectivity index is 2.54. The molecule has 0 bridgehead atoms. The third-order valence-electron chi connectivity index (χ3n) is 3.18. The summed E-state index contributed by atoms with van der Waals surface area (Å²) in [5.41, 5.74) is 7.15. The molecule has 0 atom stereocenters. The first-order valence-electron chi connectivity index (χ1n) is 6.33. The highest BCUT2D eigenvalue weighted by Gasteiger charge is 2.23. The van der Waals surface area contributed by atoms with E-state index in [1.165, 1.54) is 7.05 Å². The molecular weight excluding hydrogens is 286 g/mol. The first-order valence-corrected chi connectivity index (χ1v) is 7.77. The van der Waals surface area contributed by atoms with Gasteiger partial charge in [0.2, 0.25) is 0 Å². The summed E-state index contributed by atoms with van der Waals surface area (Å²) >= 11 is 0. The molecule has 110 valence electrons. The smallest absolute Gasteiger partial charge is 0.264 e. The Hall–Kier alpha value is -2.34. The molecule has 0 aromatic heterocycles. The van der Waals surface area contributed by atoms with Crippen molar-refractivity contribution in [2.75, 3.05) is 11.4 Å². The maximum Gasteiger partial charge on any atom is 0.264 e. The van der Waals surface area contributed by atoms with Gasteiger partial charge in [-0.3, -0.25) is 9.71 Å². The van der Waals surface area contributed by atoms with Crippen LogP contribution in [-0.4, -0.2) is 21.3 Å². The molecule has 0 heterocycles. The van der Waals surface area contributed by atoms with Crippen molar-refractivity contribution in [3.63, 3.8) is 0 Å². The SMILES string of the molecule is Cc1cccc(S(=O)(=O)N(C)c2ccccc2C(=N)N)c1. The number of hydrogen-bond donors (Lipinski definition) is 2. The molecule has 0 aliphatic carbocycles. The Morgan fingerprint density at radius 3 is 2.43 bits per heavy atom. The van der Waals surface area contributed by atoms with E-state index >= 15 is 0 Å². The molecule has 2 rings (SSSR count). The van der Waals surface area contributed by atoms with Crippen LogP contribution in [0.2, 0.25) is 0 Å². The highest BCUT2D eigenvalue weighted by atomic mass is 32.2. The topological polar surface area (TPSA) is 87.2 Å². The Labute approximate surface area is 124 Å². The number of sulfonamides is 1. The first-order chi connectivity index (χ1) is 9.84. The largest absolute Gasteiger partial charge is 0.384 e. The summed E-state index contributed by atoms with van der Waals surface area (Å²) in [7, 11) is -2.23. The highest BCUT2D eigenvalue weighted by Crippen LogP contribution is 2.25. The third kappa shape index (κ3) is 2.90. The Morgan fingerprint density at radius 2 is 1.81 bits per heavy atom. The number of anilines is 1. The van der Waals surface area contributed by atoms with Crippen molar-refractivity contribution in [3.05, 3.63) is 59.7 Å². The lowest BCUT2D eigenvalue weighted by atomic mass is 10.1. The van der Waals surface area contributed by atoms with Gasteiger partial charge in [-0.05, 0) is 36.8 Å². The molecule has 0 aliphatic heterocycles. The Morgan fingerprint density at radius 1 is 1.14 bits per heavy atom. The zero-order valence-corrected chi connectivity index (χ0v) is 12.7. The predicted octanol–water partition coefficient (Wildman–Crippen LogP) is 2.10. The number of nitrogens with one attached hydrogen (secondary N) is 1. The van der Waals surface area contributed by atoms with E-state index in [4.69, 9.17) is 11.1 Å². The molecule has 0 aliphatic rings. The maximum atomic E-state index is 12.7. The van der Waals surface area contributed by atoms with Gasteiger partial charge >= 0.3 is 0 Å². The van der Waals surface area contributed by atoms with Gasteiger partial charge in [-0.25, -0.2) is 8.42 Å². The summed E-state index contributed by atoms with van der Waals surface area (Å²) in [4.78, 5) is 0.211. The Kier molecular flexibility index (Phi) is 3.99. The number of nitrogen functional groups attached to an aromatic ring is 1. The fraction of sp³-hybridized carbons (Fsp3) is 0.133. The van der Waals surface area contributed by atoms with E-state index in [0.717, 1.165) is 9.87 Å². The van der Waals surface area contributed by atoms with Gasteiger partial charge in [0.15, 0.2) is 0 Å². The molecule has 2 aromatic rings. The minimum atomic E-state index is -3.69. The van der Waals surface area contributed by atoms with Gasteiger partial charge in [0.1, 0.15) is 5.84 Å². The molecule has 21 heavy (non-hydrogen) atoms. The van der Waals surface area contributed by atoms with Gasteiger partial charge < -0.3 is 5.73 Å². The first kappa shape index (κ1) is 15.1.